The Morgan fingerprint density at radius 3 is 1.30 bits per heavy atom. The average molecular weight is 559 g/mol. The monoisotopic (exact) mass is 558 g/mol. The molecule has 198 valence electrons. The lowest BCUT2D eigenvalue weighted by Gasteiger charge is -2.09. The van der Waals surface area contributed by atoms with Crippen molar-refractivity contribution in [2.45, 2.75) is 35.5 Å². The lowest BCUT2D eigenvalue weighted by molar-refractivity contribution is -0.107. The molecule has 0 bridgehead atoms. The average Bonchev–Trinajstić information content (AvgIpc) is 2.99. The van der Waals surface area contributed by atoms with Gasteiger partial charge in [-0.15, -0.1) is 0 Å². The number of benzene rings is 5. The molecule has 0 spiro atoms. The van der Waals surface area contributed by atoms with E-state index in [4.69, 9.17) is 0 Å². The van der Waals surface area contributed by atoms with E-state index >= 15 is 0 Å². The number of fused-ring (bicyclic) bond motifs is 2. The van der Waals surface area contributed by atoms with E-state index < -0.39 is 0 Å². The van der Waals surface area contributed by atoms with Gasteiger partial charge in [0.05, 0.1) is 0 Å². The Labute approximate surface area is 244 Å². The van der Waals surface area contributed by atoms with E-state index in [1.165, 1.54) is 68.7 Å². The van der Waals surface area contributed by atoms with Crippen molar-refractivity contribution in [3.8, 4) is 0 Å². The van der Waals surface area contributed by atoms with Gasteiger partial charge in [-0.25, -0.2) is 0 Å². The maximum Gasteiger partial charge on any atom is 0.216 e. The third-order valence-corrected chi connectivity index (χ3v) is 8.63. The Hall–Kier alpha value is -3.86. The van der Waals surface area contributed by atoms with Crippen LogP contribution in [0, 0.1) is 0 Å². The van der Waals surface area contributed by atoms with Gasteiger partial charge in [-0.05, 0) is 129 Å². The second-order valence-corrected chi connectivity index (χ2v) is 11.9. The van der Waals surface area contributed by atoms with E-state index in [9.17, 15) is 9.59 Å². The Kier molecular flexibility index (Phi) is 9.00. The van der Waals surface area contributed by atoms with Crippen molar-refractivity contribution in [1.29, 1.82) is 0 Å². The lowest BCUT2D eigenvalue weighted by atomic mass is 9.97. The van der Waals surface area contributed by atoms with Crippen molar-refractivity contribution in [3.63, 3.8) is 0 Å². The minimum Gasteiger partial charge on any atom is -0.282 e. The van der Waals surface area contributed by atoms with Crippen molar-refractivity contribution < 1.29 is 9.59 Å². The first-order valence-electron chi connectivity index (χ1n) is 13.3. The van der Waals surface area contributed by atoms with Crippen LogP contribution in [-0.2, 0) is 35.3 Å². The van der Waals surface area contributed by atoms with Crippen LogP contribution in [0.2, 0.25) is 0 Å². The topological polar surface area (TPSA) is 34.1 Å². The predicted molar refractivity (Wildman–Crippen MR) is 171 cm³/mol. The first-order chi connectivity index (χ1) is 19.5. The van der Waals surface area contributed by atoms with E-state index in [0.29, 0.717) is 0 Å². The highest BCUT2D eigenvalue weighted by molar-refractivity contribution is 8.14. The van der Waals surface area contributed by atoms with Gasteiger partial charge in [0.2, 0.25) is 10.2 Å². The van der Waals surface area contributed by atoms with E-state index in [0.717, 1.165) is 46.2 Å². The van der Waals surface area contributed by atoms with Crippen molar-refractivity contribution in [2.24, 2.45) is 0 Å². The molecule has 0 aliphatic rings. The molecule has 0 unspecified atom stereocenters. The van der Waals surface area contributed by atoms with E-state index in [2.05, 4.69) is 98.1 Å². The molecular formula is C36H30O2S2. The van der Waals surface area contributed by atoms with E-state index in [1.807, 2.05) is 12.1 Å². The summed E-state index contributed by atoms with van der Waals surface area (Å²) in [6.45, 7) is 7.09. The summed E-state index contributed by atoms with van der Waals surface area (Å²) in [6.07, 6.45) is 6.64. The molecule has 0 amide bonds. The van der Waals surface area contributed by atoms with E-state index in [1.54, 1.807) is 0 Å². The van der Waals surface area contributed by atoms with Gasteiger partial charge < -0.3 is 0 Å². The van der Waals surface area contributed by atoms with Crippen molar-refractivity contribution in [2.75, 3.05) is 0 Å². The Morgan fingerprint density at radius 2 is 0.875 bits per heavy atom. The van der Waals surface area contributed by atoms with Gasteiger partial charge in [-0.2, -0.15) is 0 Å². The van der Waals surface area contributed by atoms with Crippen LogP contribution in [0.1, 0.15) is 22.3 Å². The fraction of sp³-hybridized carbons (Fsp3) is 0.111. The fourth-order valence-corrected chi connectivity index (χ4v) is 6.09. The second-order valence-electron chi connectivity index (χ2n) is 9.76. The predicted octanol–water partition coefficient (Wildman–Crippen LogP) is 9.17. The molecule has 0 saturated heterocycles. The smallest absolute Gasteiger partial charge is 0.216 e. The first kappa shape index (κ1) is 27.7. The van der Waals surface area contributed by atoms with Crippen LogP contribution < -0.4 is 0 Å². The quantitative estimate of drug-likeness (QED) is 0.126. The minimum absolute atomic E-state index is 0.0389. The third-order valence-electron chi connectivity index (χ3n) is 6.92. The van der Waals surface area contributed by atoms with Crippen LogP contribution in [-0.4, -0.2) is 10.2 Å². The summed E-state index contributed by atoms with van der Waals surface area (Å²) in [7, 11) is 0. The van der Waals surface area contributed by atoms with Crippen molar-refractivity contribution in [1.82, 2.24) is 0 Å². The number of hydrogen-bond acceptors (Lipinski definition) is 4. The van der Waals surface area contributed by atoms with Crippen LogP contribution in [0.3, 0.4) is 0 Å². The number of rotatable bonds is 10. The Balaban J connectivity index is 1.19. The van der Waals surface area contributed by atoms with E-state index in [-0.39, 0.29) is 10.2 Å². The van der Waals surface area contributed by atoms with Crippen molar-refractivity contribution >= 4 is 55.3 Å². The molecule has 5 aromatic carbocycles. The maximum atomic E-state index is 11.7. The zero-order chi connectivity index (χ0) is 27.9. The minimum atomic E-state index is -0.0389. The molecule has 0 aliphatic carbocycles. The molecule has 0 aromatic heterocycles. The fourth-order valence-electron chi connectivity index (χ4n) is 4.82. The molecule has 0 aliphatic heterocycles. The molecule has 0 radical (unpaired) electrons. The van der Waals surface area contributed by atoms with Crippen LogP contribution in [0.15, 0.2) is 132 Å². The maximum absolute atomic E-state index is 11.7. The third kappa shape index (κ3) is 7.20. The van der Waals surface area contributed by atoms with Gasteiger partial charge in [0.25, 0.3) is 0 Å². The summed E-state index contributed by atoms with van der Waals surface area (Å²) in [5.74, 6) is 0. The standard InChI is InChI=1S/C36H30O2S2/c1-3-35(37)39-33-18-16-29-21-27(12-14-31(29)23-33)10-8-25-6-5-7-26(20-25)9-11-28-13-15-32-24-34(40-36(38)4-2)19-17-30(32)22-28/h3-7,12-24H,1-2,8-11H2. The molecule has 0 heterocycles. The summed E-state index contributed by atoms with van der Waals surface area (Å²) in [6, 6.07) is 34.4. The summed E-state index contributed by atoms with van der Waals surface area (Å²) in [5.41, 5.74) is 5.33. The van der Waals surface area contributed by atoms with Gasteiger partial charge in [0, 0.05) is 9.79 Å². The number of carbonyl (C=O) groups excluding carboxylic acids is 2. The molecule has 2 nitrogen and oxygen atoms in total. The number of thioether (sulfide) groups is 2. The summed E-state index contributed by atoms with van der Waals surface area (Å²) >= 11 is 2.41. The molecule has 4 heteroatoms. The Bertz CT molecular complexity index is 1610. The molecule has 40 heavy (non-hydrogen) atoms. The van der Waals surface area contributed by atoms with Crippen LogP contribution >= 0.6 is 23.5 Å². The van der Waals surface area contributed by atoms with Gasteiger partial charge in [0.1, 0.15) is 0 Å². The van der Waals surface area contributed by atoms with Gasteiger partial charge in [-0.3, -0.25) is 9.59 Å². The summed E-state index contributed by atoms with van der Waals surface area (Å²) in [5, 5.41) is 4.59. The number of carbonyl (C=O) groups is 2. The zero-order valence-corrected chi connectivity index (χ0v) is 23.9. The van der Waals surface area contributed by atoms with Gasteiger partial charge in [-0.1, -0.05) is 86.0 Å². The molecule has 0 fully saturated rings. The highest BCUT2D eigenvalue weighted by Crippen LogP contribution is 2.27. The molecule has 0 saturated carbocycles. The largest absolute Gasteiger partial charge is 0.282 e. The Morgan fingerprint density at radius 1 is 0.500 bits per heavy atom. The van der Waals surface area contributed by atoms with Crippen LogP contribution in [0.4, 0.5) is 0 Å². The van der Waals surface area contributed by atoms with Crippen LogP contribution in [0.5, 0.6) is 0 Å². The van der Waals surface area contributed by atoms with Crippen molar-refractivity contribution in [3.05, 3.63) is 145 Å². The SMILES string of the molecule is C=CC(=O)Sc1ccc2cc(CCc3cccc(CCc4ccc5cc(SC(=O)C=C)ccc5c4)c3)ccc2c1. The first-order valence-corrected chi connectivity index (χ1v) is 14.9. The lowest BCUT2D eigenvalue weighted by Crippen LogP contribution is -1.95. The molecular weight excluding hydrogens is 529 g/mol. The summed E-state index contributed by atoms with van der Waals surface area (Å²) in [4.78, 5) is 25.2. The molecule has 0 atom stereocenters. The van der Waals surface area contributed by atoms with Crippen LogP contribution in [0.25, 0.3) is 21.5 Å². The second kappa shape index (κ2) is 13.0. The summed E-state index contributed by atoms with van der Waals surface area (Å²) < 4.78 is 0. The highest BCUT2D eigenvalue weighted by Gasteiger charge is 2.06. The number of aryl methyl sites for hydroxylation is 4. The highest BCUT2D eigenvalue weighted by atomic mass is 32.2. The molecule has 0 N–H and O–H groups in total. The van der Waals surface area contributed by atoms with Gasteiger partial charge in [0.15, 0.2) is 0 Å². The zero-order valence-electron chi connectivity index (χ0n) is 22.3. The molecule has 5 rings (SSSR count). The van der Waals surface area contributed by atoms with Gasteiger partial charge >= 0.3 is 0 Å². The number of hydrogen-bond donors (Lipinski definition) is 0. The normalized spacial score (nSPS) is 11.0. The molecule has 5 aromatic rings.